The van der Waals surface area contributed by atoms with E-state index >= 15 is 0 Å². The Morgan fingerprint density at radius 3 is 2.83 bits per heavy atom. The Kier molecular flexibility index (Phi) is 6.47. The Bertz CT molecular complexity index is 537. The first-order valence-corrected chi connectivity index (χ1v) is 7.93. The summed E-state index contributed by atoms with van der Waals surface area (Å²) in [6.07, 6.45) is 1.67. The Labute approximate surface area is 136 Å². The van der Waals surface area contributed by atoms with Crippen molar-refractivity contribution in [3.8, 4) is 0 Å². The van der Waals surface area contributed by atoms with E-state index in [4.69, 9.17) is 4.74 Å². The number of carbonyl (C=O) groups is 1. The second-order valence-electron chi connectivity index (χ2n) is 6.17. The standard InChI is InChI=1S/C17H24F2N2O2/c1-20(2)8-7-14-12-21(9-10-23-14)17(22)6-4-13-3-5-15(18)16(19)11-13/h3,5,11,14H,4,6-10,12H2,1-2H3/t14-/m1/s1. The minimum atomic E-state index is -0.870. The van der Waals surface area contributed by atoms with Crippen molar-refractivity contribution < 1.29 is 18.3 Å². The van der Waals surface area contributed by atoms with Crippen molar-refractivity contribution in [3.63, 3.8) is 0 Å². The molecular formula is C17H24F2N2O2. The highest BCUT2D eigenvalue weighted by molar-refractivity contribution is 5.76. The first-order chi connectivity index (χ1) is 11.0. The van der Waals surface area contributed by atoms with Crippen molar-refractivity contribution in [2.45, 2.75) is 25.4 Å². The van der Waals surface area contributed by atoms with Gasteiger partial charge in [0, 0.05) is 26.1 Å². The zero-order valence-corrected chi connectivity index (χ0v) is 13.7. The van der Waals surface area contributed by atoms with Crippen molar-refractivity contribution in [1.82, 2.24) is 9.80 Å². The molecule has 6 heteroatoms. The number of amides is 1. The zero-order valence-electron chi connectivity index (χ0n) is 13.7. The number of hydrogen-bond acceptors (Lipinski definition) is 3. The van der Waals surface area contributed by atoms with E-state index in [-0.39, 0.29) is 12.0 Å². The highest BCUT2D eigenvalue weighted by Crippen LogP contribution is 2.14. The first-order valence-electron chi connectivity index (χ1n) is 7.93. The molecule has 1 heterocycles. The molecule has 1 aliphatic heterocycles. The van der Waals surface area contributed by atoms with Gasteiger partial charge in [0.25, 0.3) is 0 Å². The van der Waals surface area contributed by atoms with E-state index in [9.17, 15) is 13.6 Å². The van der Waals surface area contributed by atoms with E-state index in [0.29, 0.717) is 38.1 Å². The summed E-state index contributed by atoms with van der Waals surface area (Å²) in [5.41, 5.74) is 0.634. The summed E-state index contributed by atoms with van der Waals surface area (Å²) >= 11 is 0. The van der Waals surface area contributed by atoms with Gasteiger partial charge in [0.1, 0.15) is 0 Å². The molecule has 0 aliphatic carbocycles. The fourth-order valence-electron chi connectivity index (χ4n) is 2.63. The molecule has 0 spiro atoms. The fraction of sp³-hybridized carbons (Fsp3) is 0.588. The third kappa shape index (κ3) is 5.55. The van der Waals surface area contributed by atoms with E-state index in [1.807, 2.05) is 19.0 Å². The lowest BCUT2D eigenvalue weighted by Gasteiger charge is -2.33. The molecule has 1 fully saturated rings. The van der Waals surface area contributed by atoms with Crippen LogP contribution in [0.3, 0.4) is 0 Å². The van der Waals surface area contributed by atoms with Gasteiger partial charge in [-0.3, -0.25) is 4.79 Å². The van der Waals surface area contributed by atoms with Gasteiger partial charge in [-0.05, 0) is 44.6 Å². The smallest absolute Gasteiger partial charge is 0.223 e. The van der Waals surface area contributed by atoms with Gasteiger partial charge in [0.05, 0.1) is 12.7 Å². The number of morpholine rings is 1. The summed E-state index contributed by atoms with van der Waals surface area (Å²) in [6.45, 7) is 2.66. The third-order valence-electron chi connectivity index (χ3n) is 4.00. The molecule has 0 bridgehead atoms. The molecule has 128 valence electrons. The lowest BCUT2D eigenvalue weighted by Crippen LogP contribution is -2.46. The molecule has 23 heavy (non-hydrogen) atoms. The maximum Gasteiger partial charge on any atom is 0.223 e. The summed E-state index contributed by atoms with van der Waals surface area (Å²) in [7, 11) is 4.02. The Hall–Kier alpha value is -1.53. The van der Waals surface area contributed by atoms with Crippen LogP contribution >= 0.6 is 0 Å². The van der Waals surface area contributed by atoms with E-state index in [1.165, 1.54) is 6.07 Å². The highest BCUT2D eigenvalue weighted by Gasteiger charge is 2.23. The molecule has 1 aliphatic rings. The van der Waals surface area contributed by atoms with Crippen LogP contribution in [0.4, 0.5) is 8.78 Å². The topological polar surface area (TPSA) is 32.8 Å². The Balaban J connectivity index is 1.81. The normalized spacial score (nSPS) is 18.5. The van der Waals surface area contributed by atoms with Crippen LogP contribution in [0.15, 0.2) is 18.2 Å². The van der Waals surface area contributed by atoms with Crippen LogP contribution < -0.4 is 0 Å². The lowest BCUT2D eigenvalue weighted by molar-refractivity contribution is -0.139. The van der Waals surface area contributed by atoms with Gasteiger partial charge < -0.3 is 14.5 Å². The summed E-state index contributed by atoms with van der Waals surface area (Å²) < 4.78 is 31.8. The Morgan fingerprint density at radius 1 is 1.35 bits per heavy atom. The van der Waals surface area contributed by atoms with Crippen molar-refractivity contribution in [1.29, 1.82) is 0 Å². The average Bonchev–Trinajstić information content (AvgIpc) is 2.54. The molecule has 2 rings (SSSR count). The largest absolute Gasteiger partial charge is 0.374 e. The van der Waals surface area contributed by atoms with Crippen LogP contribution in [-0.2, 0) is 16.0 Å². The fourth-order valence-corrected chi connectivity index (χ4v) is 2.63. The Morgan fingerprint density at radius 2 is 2.13 bits per heavy atom. The molecule has 0 saturated carbocycles. The summed E-state index contributed by atoms with van der Waals surface area (Å²) in [5, 5.41) is 0. The summed E-state index contributed by atoms with van der Waals surface area (Å²) in [5.74, 6) is -1.70. The molecule has 1 saturated heterocycles. The number of nitrogens with zero attached hydrogens (tertiary/aromatic N) is 2. The van der Waals surface area contributed by atoms with Crippen molar-refractivity contribution in [2.75, 3.05) is 40.3 Å². The molecule has 1 atom stereocenters. The quantitative estimate of drug-likeness (QED) is 0.802. The third-order valence-corrected chi connectivity index (χ3v) is 4.00. The lowest BCUT2D eigenvalue weighted by atomic mass is 10.1. The highest BCUT2D eigenvalue weighted by atomic mass is 19.2. The summed E-state index contributed by atoms with van der Waals surface area (Å²) in [4.78, 5) is 16.2. The molecule has 4 nitrogen and oxygen atoms in total. The molecule has 0 radical (unpaired) electrons. The predicted octanol–water partition coefficient (Wildman–Crippen LogP) is 2.08. The van der Waals surface area contributed by atoms with Crippen LogP contribution in [0.1, 0.15) is 18.4 Å². The van der Waals surface area contributed by atoms with Crippen LogP contribution in [0, 0.1) is 11.6 Å². The number of aryl methyl sites for hydroxylation is 1. The first kappa shape index (κ1) is 17.8. The van der Waals surface area contributed by atoms with Gasteiger partial charge >= 0.3 is 0 Å². The van der Waals surface area contributed by atoms with E-state index < -0.39 is 11.6 Å². The van der Waals surface area contributed by atoms with Gasteiger partial charge in [-0.25, -0.2) is 8.78 Å². The molecular weight excluding hydrogens is 302 g/mol. The van der Waals surface area contributed by atoms with Crippen LogP contribution in [0.25, 0.3) is 0 Å². The maximum absolute atomic E-state index is 13.2. The van der Waals surface area contributed by atoms with Crippen molar-refractivity contribution >= 4 is 5.91 Å². The monoisotopic (exact) mass is 326 g/mol. The van der Waals surface area contributed by atoms with E-state index in [2.05, 4.69) is 4.90 Å². The molecule has 1 aromatic carbocycles. The van der Waals surface area contributed by atoms with Crippen LogP contribution in [0.5, 0.6) is 0 Å². The summed E-state index contributed by atoms with van der Waals surface area (Å²) in [6, 6.07) is 3.77. The number of benzene rings is 1. The van der Waals surface area contributed by atoms with Crippen LogP contribution in [0.2, 0.25) is 0 Å². The van der Waals surface area contributed by atoms with E-state index in [1.54, 1.807) is 0 Å². The van der Waals surface area contributed by atoms with E-state index in [0.717, 1.165) is 25.1 Å². The van der Waals surface area contributed by atoms with Gasteiger partial charge in [-0.15, -0.1) is 0 Å². The number of carbonyl (C=O) groups excluding carboxylic acids is 1. The van der Waals surface area contributed by atoms with Crippen LogP contribution in [-0.4, -0.2) is 62.1 Å². The molecule has 0 N–H and O–H groups in total. The molecule has 0 unspecified atom stereocenters. The molecule has 1 amide bonds. The number of rotatable bonds is 6. The second kappa shape index (κ2) is 8.36. The van der Waals surface area contributed by atoms with Gasteiger partial charge in [0.15, 0.2) is 11.6 Å². The minimum Gasteiger partial charge on any atom is -0.374 e. The number of halogens is 2. The van der Waals surface area contributed by atoms with Gasteiger partial charge in [-0.2, -0.15) is 0 Å². The van der Waals surface area contributed by atoms with Gasteiger partial charge in [0.2, 0.25) is 5.91 Å². The predicted molar refractivity (Wildman–Crippen MR) is 84.2 cm³/mol. The van der Waals surface area contributed by atoms with Crippen molar-refractivity contribution in [3.05, 3.63) is 35.4 Å². The van der Waals surface area contributed by atoms with Crippen molar-refractivity contribution in [2.24, 2.45) is 0 Å². The second-order valence-corrected chi connectivity index (χ2v) is 6.17. The SMILES string of the molecule is CN(C)CC[C@@H]1CN(C(=O)CCc2ccc(F)c(F)c2)CCO1. The molecule has 1 aromatic rings. The van der Waals surface area contributed by atoms with Gasteiger partial charge in [-0.1, -0.05) is 6.07 Å². The zero-order chi connectivity index (χ0) is 16.8. The maximum atomic E-state index is 13.2. The molecule has 0 aromatic heterocycles. The number of ether oxygens (including phenoxy) is 1. The average molecular weight is 326 g/mol. The number of hydrogen-bond donors (Lipinski definition) is 0. The minimum absolute atomic E-state index is 0.0351.